The van der Waals surface area contributed by atoms with Gasteiger partial charge in [0.1, 0.15) is 16.7 Å². The van der Waals surface area contributed by atoms with E-state index in [2.05, 4.69) is 5.32 Å². The van der Waals surface area contributed by atoms with Crippen LogP contribution in [0.5, 0.6) is 0 Å². The van der Waals surface area contributed by atoms with Gasteiger partial charge in [0.25, 0.3) is 5.91 Å². The van der Waals surface area contributed by atoms with Gasteiger partial charge in [-0.2, -0.15) is 5.26 Å². The number of amides is 2. The number of anilines is 1. The first-order chi connectivity index (χ1) is 10.5. The van der Waals surface area contributed by atoms with Crippen molar-refractivity contribution in [3.63, 3.8) is 0 Å². The molecule has 2 rings (SSSR count). The normalized spacial score (nSPS) is 19.8. The Hall–Kier alpha value is -1.97. The number of benzene rings is 1. The van der Waals surface area contributed by atoms with Crippen LogP contribution in [0.1, 0.15) is 13.3 Å². The second-order valence-electron chi connectivity index (χ2n) is 4.54. The van der Waals surface area contributed by atoms with Crippen LogP contribution in [0.15, 0.2) is 34.9 Å². The van der Waals surface area contributed by atoms with Crippen molar-refractivity contribution in [1.82, 2.24) is 5.32 Å². The topological polar surface area (TPSA) is 73.2 Å². The fraction of sp³-hybridized carbons (Fsp3) is 0.267. The minimum atomic E-state index is -0.506. The first-order valence-corrected chi connectivity index (χ1v) is 7.91. The lowest BCUT2D eigenvalue weighted by atomic mass is 10.2. The summed E-state index contributed by atoms with van der Waals surface area (Å²) in [5, 5.41) is 12.3. The molecular formula is C15H14ClN3O2S. The molecule has 7 heteroatoms. The number of nitriles is 1. The van der Waals surface area contributed by atoms with Crippen LogP contribution in [0, 0.1) is 11.3 Å². The molecule has 1 N–H and O–H groups in total. The van der Waals surface area contributed by atoms with Gasteiger partial charge in [0.2, 0.25) is 5.91 Å². The molecule has 1 aliphatic heterocycles. The van der Waals surface area contributed by atoms with Crippen LogP contribution < -0.4 is 10.2 Å². The summed E-state index contributed by atoms with van der Waals surface area (Å²) in [6.45, 7) is 1.89. The van der Waals surface area contributed by atoms with E-state index < -0.39 is 5.91 Å². The van der Waals surface area contributed by atoms with Gasteiger partial charge < -0.3 is 5.32 Å². The van der Waals surface area contributed by atoms with Crippen molar-refractivity contribution in [3.8, 4) is 6.07 Å². The second-order valence-corrected chi connectivity index (χ2v) is 6.16. The highest BCUT2D eigenvalue weighted by molar-refractivity contribution is 8.05. The maximum Gasteiger partial charge on any atom is 0.264 e. The molecule has 1 unspecified atom stereocenters. The highest BCUT2D eigenvalue weighted by atomic mass is 35.5. The maximum atomic E-state index is 12.6. The van der Waals surface area contributed by atoms with Crippen LogP contribution in [0.2, 0.25) is 5.02 Å². The largest absolute Gasteiger partial charge is 0.354 e. The number of halogens is 1. The average Bonchev–Trinajstić information content (AvgIpc) is 2.85. The summed E-state index contributed by atoms with van der Waals surface area (Å²) in [4.78, 5) is 25.9. The molecule has 1 saturated heterocycles. The molecule has 1 aliphatic rings. The Morgan fingerprint density at radius 1 is 1.45 bits per heavy atom. The van der Waals surface area contributed by atoms with Gasteiger partial charge in [-0.1, -0.05) is 30.3 Å². The van der Waals surface area contributed by atoms with Gasteiger partial charge in [0.15, 0.2) is 0 Å². The maximum absolute atomic E-state index is 12.6. The lowest BCUT2D eigenvalue weighted by Crippen LogP contribution is -2.30. The number of rotatable bonds is 3. The van der Waals surface area contributed by atoms with Crippen molar-refractivity contribution in [1.29, 1.82) is 5.26 Å². The van der Waals surface area contributed by atoms with Crippen LogP contribution >= 0.6 is 23.4 Å². The Labute approximate surface area is 137 Å². The van der Waals surface area contributed by atoms with Crippen LogP contribution in [0.3, 0.4) is 0 Å². The predicted octanol–water partition coefficient (Wildman–Crippen LogP) is 2.68. The van der Waals surface area contributed by atoms with Gasteiger partial charge in [-0.05, 0) is 30.7 Å². The van der Waals surface area contributed by atoms with Crippen molar-refractivity contribution < 1.29 is 9.59 Å². The van der Waals surface area contributed by atoms with E-state index in [4.69, 9.17) is 11.6 Å². The number of carbonyl (C=O) groups excluding carboxylic acids is 2. The molecular weight excluding hydrogens is 322 g/mol. The van der Waals surface area contributed by atoms with Crippen molar-refractivity contribution >= 4 is 40.9 Å². The van der Waals surface area contributed by atoms with E-state index in [0.29, 0.717) is 22.2 Å². The molecule has 0 bridgehead atoms. The Morgan fingerprint density at radius 2 is 2.09 bits per heavy atom. The average molecular weight is 336 g/mol. The van der Waals surface area contributed by atoms with E-state index in [1.165, 1.54) is 23.7 Å². The first-order valence-electron chi connectivity index (χ1n) is 6.66. The van der Waals surface area contributed by atoms with Gasteiger partial charge in [-0.3, -0.25) is 14.5 Å². The minimum Gasteiger partial charge on any atom is -0.354 e. The zero-order chi connectivity index (χ0) is 16.3. The SMILES string of the molecule is CCC1S/C(=C(/C#N)C(=O)NC)N(c2ccc(Cl)cc2)C1=O. The molecule has 0 spiro atoms. The summed E-state index contributed by atoms with van der Waals surface area (Å²) >= 11 is 7.11. The lowest BCUT2D eigenvalue weighted by Gasteiger charge is -2.18. The molecule has 0 saturated carbocycles. The molecule has 5 nitrogen and oxygen atoms in total. The summed E-state index contributed by atoms with van der Waals surface area (Å²) < 4.78 is 0. The number of nitrogens with one attached hydrogen (secondary N) is 1. The molecule has 1 atom stereocenters. The van der Waals surface area contributed by atoms with E-state index in [-0.39, 0.29) is 16.7 Å². The Balaban J connectivity index is 2.57. The Kier molecular flexibility index (Phi) is 5.11. The van der Waals surface area contributed by atoms with Gasteiger partial charge >= 0.3 is 0 Å². The molecule has 2 amide bonds. The lowest BCUT2D eigenvalue weighted by molar-refractivity contribution is -0.117. The van der Waals surface area contributed by atoms with Gasteiger partial charge in [-0.25, -0.2) is 0 Å². The summed E-state index contributed by atoms with van der Waals surface area (Å²) in [5.41, 5.74) is 0.524. The molecule has 1 heterocycles. The van der Waals surface area contributed by atoms with E-state index >= 15 is 0 Å². The fourth-order valence-corrected chi connectivity index (χ4v) is 3.39. The Morgan fingerprint density at radius 3 is 2.59 bits per heavy atom. The molecule has 1 fully saturated rings. The van der Waals surface area contributed by atoms with Gasteiger partial charge in [-0.15, -0.1) is 0 Å². The number of hydrogen-bond donors (Lipinski definition) is 1. The molecule has 114 valence electrons. The standard InChI is InChI=1S/C15H14ClN3O2S/c1-3-12-14(21)19(10-6-4-9(16)5-7-10)15(22-12)11(8-17)13(20)18-2/h4-7,12H,3H2,1-2H3,(H,18,20)/b15-11-. The van der Waals surface area contributed by atoms with E-state index in [1.807, 2.05) is 13.0 Å². The monoisotopic (exact) mass is 335 g/mol. The van der Waals surface area contributed by atoms with Crippen LogP contribution in [-0.2, 0) is 9.59 Å². The second kappa shape index (κ2) is 6.86. The third-order valence-corrected chi connectivity index (χ3v) is 4.87. The highest BCUT2D eigenvalue weighted by Gasteiger charge is 2.39. The van der Waals surface area contributed by atoms with E-state index in [0.717, 1.165) is 0 Å². The van der Waals surface area contributed by atoms with Crippen LogP contribution in [0.25, 0.3) is 0 Å². The molecule has 0 aromatic heterocycles. The van der Waals surface area contributed by atoms with Crippen LogP contribution in [0.4, 0.5) is 5.69 Å². The Bertz CT molecular complexity index is 679. The third kappa shape index (κ3) is 2.96. The van der Waals surface area contributed by atoms with E-state index in [1.54, 1.807) is 24.3 Å². The van der Waals surface area contributed by atoms with Crippen molar-refractivity contribution in [3.05, 3.63) is 39.9 Å². The van der Waals surface area contributed by atoms with Gasteiger partial charge in [0, 0.05) is 17.8 Å². The van der Waals surface area contributed by atoms with Crippen molar-refractivity contribution in [2.24, 2.45) is 0 Å². The quantitative estimate of drug-likeness (QED) is 0.681. The minimum absolute atomic E-state index is 0.0632. The third-order valence-electron chi connectivity index (χ3n) is 3.19. The number of hydrogen-bond acceptors (Lipinski definition) is 4. The first kappa shape index (κ1) is 16.4. The zero-order valence-electron chi connectivity index (χ0n) is 12.1. The number of nitrogens with zero attached hydrogens (tertiary/aromatic N) is 2. The summed E-state index contributed by atoms with van der Waals surface area (Å²) in [7, 11) is 1.45. The molecule has 0 aliphatic carbocycles. The fourth-order valence-electron chi connectivity index (χ4n) is 2.07. The molecule has 0 radical (unpaired) electrons. The molecule has 1 aromatic carbocycles. The highest BCUT2D eigenvalue weighted by Crippen LogP contribution is 2.41. The van der Waals surface area contributed by atoms with E-state index in [9.17, 15) is 14.9 Å². The summed E-state index contributed by atoms with van der Waals surface area (Å²) in [6, 6.07) is 8.61. The number of likely N-dealkylation sites (N-methyl/N-ethyl adjacent to an activating group) is 1. The molecule has 22 heavy (non-hydrogen) atoms. The molecule has 1 aromatic rings. The zero-order valence-corrected chi connectivity index (χ0v) is 13.7. The predicted molar refractivity (Wildman–Crippen MR) is 87.3 cm³/mol. The smallest absolute Gasteiger partial charge is 0.264 e. The number of carbonyl (C=O) groups is 2. The van der Waals surface area contributed by atoms with Gasteiger partial charge in [0.05, 0.1) is 5.25 Å². The van der Waals surface area contributed by atoms with Crippen molar-refractivity contribution in [2.45, 2.75) is 18.6 Å². The van der Waals surface area contributed by atoms with Crippen LogP contribution in [-0.4, -0.2) is 24.1 Å². The number of thioether (sulfide) groups is 1. The summed E-state index contributed by atoms with van der Waals surface area (Å²) in [6.07, 6.45) is 0.615. The summed E-state index contributed by atoms with van der Waals surface area (Å²) in [5.74, 6) is -0.644. The van der Waals surface area contributed by atoms with Crippen molar-refractivity contribution in [2.75, 3.05) is 11.9 Å².